The van der Waals surface area contributed by atoms with Crippen molar-refractivity contribution in [2.75, 3.05) is 12.3 Å². The first-order valence-corrected chi connectivity index (χ1v) is 8.49. The second-order valence-corrected chi connectivity index (χ2v) is 7.43. The second kappa shape index (κ2) is 5.52. The molecule has 1 rings (SSSR count). The number of carboxylic acids is 1. The fourth-order valence-electron chi connectivity index (χ4n) is 1.62. The molecule has 11 heteroatoms. The number of carboxylic acid groups (broad SMARTS) is 1. The SMILES string of the molecule is Cc1oc(C)c(S(=O)(=O)NCCS(N)(=O)=O)c1C(=O)O. The highest BCUT2D eigenvalue weighted by molar-refractivity contribution is 7.90. The summed E-state index contributed by atoms with van der Waals surface area (Å²) in [4.78, 5) is 10.6. The van der Waals surface area contributed by atoms with Gasteiger partial charge in [-0.15, -0.1) is 0 Å². The van der Waals surface area contributed by atoms with E-state index in [1.165, 1.54) is 13.8 Å². The van der Waals surface area contributed by atoms with Crippen LogP contribution in [0.1, 0.15) is 21.9 Å². The van der Waals surface area contributed by atoms with Gasteiger partial charge in [-0.05, 0) is 13.8 Å². The van der Waals surface area contributed by atoms with Crippen molar-refractivity contribution in [1.82, 2.24) is 4.72 Å². The molecule has 0 aromatic carbocycles. The van der Waals surface area contributed by atoms with Gasteiger partial charge in [-0.2, -0.15) is 0 Å². The Bertz CT molecular complexity index is 731. The normalized spacial score (nSPS) is 12.6. The molecule has 0 unspecified atom stereocenters. The molecule has 0 aliphatic carbocycles. The van der Waals surface area contributed by atoms with Crippen molar-refractivity contribution in [3.05, 3.63) is 17.1 Å². The van der Waals surface area contributed by atoms with Crippen LogP contribution in [0.2, 0.25) is 0 Å². The van der Waals surface area contributed by atoms with E-state index in [-0.39, 0.29) is 11.5 Å². The van der Waals surface area contributed by atoms with Crippen LogP contribution >= 0.6 is 0 Å². The van der Waals surface area contributed by atoms with Gasteiger partial charge in [0.25, 0.3) is 0 Å². The highest BCUT2D eigenvalue weighted by Gasteiger charge is 2.30. The van der Waals surface area contributed by atoms with Gasteiger partial charge in [-0.25, -0.2) is 31.5 Å². The number of nitrogens with two attached hydrogens (primary N) is 1. The molecule has 9 nitrogen and oxygen atoms in total. The number of hydrogen-bond donors (Lipinski definition) is 3. The number of primary sulfonamides is 1. The average Bonchev–Trinajstić information content (AvgIpc) is 2.51. The molecule has 0 radical (unpaired) electrons. The summed E-state index contributed by atoms with van der Waals surface area (Å²) in [6, 6.07) is 0. The molecule has 0 fully saturated rings. The summed E-state index contributed by atoms with van der Waals surface area (Å²) in [7, 11) is -8.04. The number of nitrogens with one attached hydrogen (secondary N) is 1. The van der Waals surface area contributed by atoms with E-state index in [2.05, 4.69) is 0 Å². The van der Waals surface area contributed by atoms with Gasteiger partial charge in [-0.1, -0.05) is 0 Å². The number of hydrogen-bond acceptors (Lipinski definition) is 6. The lowest BCUT2D eigenvalue weighted by Crippen LogP contribution is -2.32. The number of aryl methyl sites for hydroxylation is 2. The first-order chi connectivity index (χ1) is 8.96. The summed E-state index contributed by atoms with van der Waals surface area (Å²) < 4.78 is 52.4. The molecule has 0 saturated carbocycles. The maximum Gasteiger partial charge on any atom is 0.340 e. The zero-order chi connectivity index (χ0) is 15.7. The minimum atomic E-state index is -4.21. The minimum absolute atomic E-state index is 0.0539. The molecule has 1 aromatic rings. The van der Waals surface area contributed by atoms with Crippen molar-refractivity contribution >= 4 is 26.0 Å². The molecule has 1 heterocycles. The van der Waals surface area contributed by atoms with Crippen molar-refractivity contribution in [1.29, 1.82) is 0 Å². The lowest BCUT2D eigenvalue weighted by molar-refractivity contribution is 0.0691. The molecule has 20 heavy (non-hydrogen) atoms. The van der Waals surface area contributed by atoms with E-state index in [0.717, 1.165) is 0 Å². The third kappa shape index (κ3) is 3.79. The van der Waals surface area contributed by atoms with Crippen LogP contribution < -0.4 is 9.86 Å². The fourth-order valence-corrected chi connectivity index (χ4v) is 3.58. The van der Waals surface area contributed by atoms with E-state index in [1.807, 2.05) is 4.72 Å². The average molecular weight is 326 g/mol. The number of furan rings is 1. The van der Waals surface area contributed by atoms with Crippen LogP contribution in [-0.4, -0.2) is 40.2 Å². The first kappa shape index (κ1) is 16.6. The van der Waals surface area contributed by atoms with Crippen molar-refractivity contribution in [2.45, 2.75) is 18.7 Å². The summed E-state index contributed by atoms with van der Waals surface area (Å²) in [6.07, 6.45) is 0. The van der Waals surface area contributed by atoms with Crippen LogP contribution in [0.4, 0.5) is 0 Å². The standard InChI is InChI=1S/C9H14N2O7S2/c1-5-7(9(12)13)8(6(2)18-5)20(16,17)11-3-4-19(10,14)15/h11H,3-4H2,1-2H3,(H,12,13)(H2,10,14,15). The first-order valence-electron chi connectivity index (χ1n) is 5.29. The summed E-state index contributed by atoms with van der Waals surface area (Å²) in [5.74, 6) is -2.21. The summed E-state index contributed by atoms with van der Waals surface area (Å²) in [5.41, 5.74) is -0.481. The smallest absolute Gasteiger partial charge is 0.340 e. The fraction of sp³-hybridized carbons (Fsp3) is 0.444. The van der Waals surface area contributed by atoms with Crippen LogP contribution in [0.15, 0.2) is 9.31 Å². The Labute approximate surface area is 115 Å². The van der Waals surface area contributed by atoms with E-state index in [0.29, 0.717) is 0 Å². The van der Waals surface area contributed by atoms with Gasteiger partial charge in [0.1, 0.15) is 22.0 Å². The van der Waals surface area contributed by atoms with E-state index >= 15 is 0 Å². The van der Waals surface area contributed by atoms with Crippen molar-refractivity contribution < 1.29 is 31.2 Å². The molecule has 0 bridgehead atoms. The summed E-state index contributed by atoms with van der Waals surface area (Å²) in [6.45, 7) is 2.15. The predicted molar refractivity (Wildman–Crippen MR) is 68.3 cm³/mol. The third-order valence-corrected chi connectivity index (χ3v) is 4.75. The molecule has 0 atom stereocenters. The Morgan fingerprint density at radius 1 is 1.25 bits per heavy atom. The van der Waals surface area contributed by atoms with E-state index < -0.39 is 48.8 Å². The quantitative estimate of drug-likeness (QED) is 0.615. The van der Waals surface area contributed by atoms with E-state index in [1.54, 1.807) is 0 Å². The van der Waals surface area contributed by atoms with Crippen molar-refractivity contribution in [3.63, 3.8) is 0 Å². The predicted octanol–water partition coefficient (Wildman–Crippen LogP) is -0.839. The number of carbonyl (C=O) groups is 1. The zero-order valence-corrected chi connectivity index (χ0v) is 12.3. The summed E-state index contributed by atoms with van der Waals surface area (Å²) >= 11 is 0. The number of rotatable bonds is 6. The van der Waals surface area contributed by atoms with Crippen LogP contribution in [0, 0.1) is 13.8 Å². The lowest BCUT2D eigenvalue weighted by Gasteiger charge is -2.06. The Kier molecular flexibility index (Phi) is 4.59. The molecule has 0 amide bonds. The Morgan fingerprint density at radius 2 is 1.80 bits per heavy atom. The maximum absolute atomic E-state index is 12.0. The highest BCUT2D eigenvalue weighted by atomic mass is 32.2. The lowest BCUT2D eigenvalue weighted by atomic mass is 10.2. The van der Waals surface area contributed by atoms with Gasteiger partial charge in [-0.3, -0.25) is 0 Å². The molecular weight excluding hydrogens is 312 g/mol. The van der Waals surface area contributed by atoms with E-state index in [4.69, 9.17) is 14.7 Å². The molecule has 4 N–H and O–H groups in total. The number of aromatic carboxylic acids is 1. The second-order valence-electron chi connectivity index (χ2n) is 3.99. The van der Waals surface area contributed by atoms with Gasteiger partial charge in [0.2, 0.25) is 20.0 Å². The van der Waals surface area contributed by atoms with Gasteiger partial charge in [0.15, 0.2) is 0 Å². The molecule has 114 valence electrons. The minimum Gasteiger partial charge on any atom is -0.478 e. The Hall–Kier alpha value is -1.43. The van der Waals surface area contributed by atoms with Gasteiger partial charge < -0.3 is 9.52 Å². The largest absolute Gasteiger partial charge is 0.478 e. The molecule has 1 aromatic heterocycles. The van der Waals surface area contributed by atoms with Crippen molar-refractivity contribution in [2.24, 2.45) is 5.14 Å². The Morgan fingerprint density at radius 3 is 2.25 bits per heavy atom. The molecule has 0 aliphatic heterocycles. The molecule has 0 spiro atoms. The molecule has 0 aliphatic rings. The van der Waals surface area contributed by atoms with Crippen LogP contribution in [0.25, 0.3) is 0 Å². The summed E-state index contributed by atoms with van der Waals surface area (Å²) in [5, 5.41) is 13.8. The molecular formula is C9H14N2O7S2. The van der Waals surface area contributed by atoms with Crippen LogP contribution in [0.5, 0.6) is 0 Å². The number of sulfonamides is 2. The monoisotopic (exact) mass is 326 g/mol. The highest BCUT2D eigenvalue weighted by Crippen LogP contribution is 2.26. The van der Waals surface area contributed by atoms with Gasteiger partial charge in [0.05, 0.1) is 5.75 Å². The third-order valence-electron chi connectivity index (χ3n) is 2.37. The van der Waals surface area contributed by atoms with Crippen LogP contribution in [-0.2, 0) is 20.0 Å². The zero-order valence-electron chi connectivity index (χ0n) is 10.7. The topological polar surface area (TPSA) is 157 Å². The maximum atomic E-state index is 12.0. The molecule has 0 saturated heterocycles. The van der Waals surface area contributed by atoms with Gasteiger partial charge in [0, 0.05) is 6.54 Å². The van der Waals surface area contributed by atoms with Crippen molar-refractivity contribution in [3.8, 4) is 0 Å². The van der Waals surface area contributed by atoms with E-state index in [9.17, 15) is 21.6 Å². The van der Waals surface area contributed by atoms with Gasteiger partial charge >= 0.3 is 5.97 Å². The Balaban J connectivity index is 3.14. The van der Waals surface area contributed by atoms with Crippen LogP contribution in [0.3, 0.4) is 0 Å².